The van der Waals surface area contributed by atoms with Crippen molar-refractivity contribution in [2.75, 3.05) is 0 Å². The van der Waals surface area contributed by atoms with Crippen LogP contribution in [0.5, 0.6) is 0 Å². The van der Waals surface area contributed by atoms with Crippen molar-refractivity contribution in [2.45, 2.75) is 26.2 Å². The molecule has 0 bridgehead atoms. The smallest absolute Gasteiger partial charge is 0.310 e. The molecule has 0 amide bonds. The molecule has 0 saturated heterocycles. The number of rotatable bonds is 6. The number of hydrogen-bond acceptors (Lipinski definition) is 1. The third-order valence-corrected chi connectivity index (χ3v) is 1.59. The number of carbonyl (C=O) groups is 1. The van der Waals surface area contributed by atoms with Crippen molar-refractivity contribution in [3.63, 3.8) is 0 Å². The van der Waals surface area contributed by atoms with E-state index in [2.05, 4.69) is 6.58 Å². The van der Waals surface area contributed by atoms with Gasteiger partial charge in [0.15, 0.2) is 0 Å². The van der Waals surface area contributed by atoms with E-state index < -0.39 is 5.97 Å². The summed E-state index contributed by atoms with van der Waals surface area (Å²) in [6, 6.07) is 0. The first-order valence-corrected chi connectivity index (χ1v) is 4.19. The average molecular weight is 168 g/mol. The van der Waals surface area contributed by atoms with Crippen molar-refractivity contribution < 1.29 is 9.90 Å². The zero-order valence-corrected chi connectivity index (χ0v) is 7.49. The molecular formula is C10H16O2. The number of carboxylic acids is 1. The van der Waals surface area contributed by atoms with Crippen LogP contribution in [0.25, 0.3) is 0 Å². The maximum Gasteiger partial charge on any atom is 0.310 e. The van der Waals surface area contributed by atoms with Gasteiger partial charge in [0.05, 0.1) is 5.92 Å². The number of allylic oxidation sites excluding steroid dienone is 2. The van der Waals surface area contributed by atoms with E-state index in [1.165, 1.54) is 0 Å². The lowest BCUT2D eigenvalue weighted by Crippen LogP contribution is -2.05. The van der Waals surface area contributed by atoms with Gasteiger partial charge < -0.3 is 5.11 Å². The molecule has 12 heavy (non-hydrogen) atoms. The van der Waals surface area contributed by atoms with Gasteiger partial charge in [-0.15, -0.1) is 6.58 Å². The summed E-state index contributed by atoms with van der Waals surface area (Å²) in [5.41, 5.74) is 0. The van der Waals surface area contributed by atoms with Crippen LogP contribution in [-0.4, -0.2) is 11.1 Å². The molecule has 1 N–H and O–H groups in total. The Labute approximate surface area is 73.6 Å². The number of aliphatic carboxylic acids is 1. The highest BCUT2D eigenvalue weighted by Gasteiger charge is 2.04. The Balaban J connectivity index is 3.47. The summed E-state index contributed by atoms with van der Waals surface area (Å²) in [5, 5.41) is 8.52. The fraction of sp³-hybridized carbons (Fsp3) is 0.500. The van der Waals surface area contributed by atoms with Gasteiger partial charge in [-0.25, -0.2) is 0 Å². The van der Waals surface area contributed by atoms with Gasteiger partial charge in [0.25, 0.3) is 0 Å². The lowest BCUT2D eigenvalue weighted by Gasteiger charge is -1.96. The molecule has 0 radical (unpaired) electrons. The quantitative estimate of drug-likeness (QED) is 0.489. The lowest BCUT2D eigenvalue weighted by molar-refractivity contribution is -0.139. The van der Waals surface area contributed by atoms with Crippen molar-refractivity contribution in [1.82, 2.24) is 0 Å². The van der Waals surface area contributed by atoms with Crippen LogP contribution < -0.4 is 0 Å². The van der Waals surface area contributed by atoms with Crippen molar-refractivity contribution >= 4 is 5.97 Å². The number of carboxylic acid groups (broad SMARTS) is 1. The SMILES string of the molecule is C=CCCC/C=C/C(C)C(=O)O. The zero-order chi connectivity index (χ0) is 9.40. The molecule has 0 heterocycles. The van der Waals surface area contributed by atoms with E-state index in [1.807, 2.05) is 12.2 Å². The molecule has 68 valence electrons. The lowest BCUT2D eigenvalue weighted by atomic mass is 10.1. The van der Waals surface area contributed by atoms with Gasteiger partial charge in [0.1, 0.15) is 0 Å². The molecule has 0 aromatic heterocycles. The Hall–Kier alpha value is -1.05. The van der Waals surface area contributed by atoms with E-state index in [0.717, 1.165) is 19.3 Å². The van der Waals surface area contributed by atoms with E-state index >= 15 is 0 Å². The minimum absolute atomic E-state index is 0.367. The molecule has 0 rings (SSSR count). The molecule has 2 heteroatoms. The largest absolute Gasteiger partial charge is 0.481 e. The minimum atomic E-state index is -0.769. The zero-order valence-electron chi connectivity index (χ0n) is 7.49. The summed E-state index contributed by atoms with van der Waals surface area (Å²) in [6.45, 7) is 5.28. The van der Waals surface area contributed by atoms with E-state index in [-0.39, 0.29) is 5.92 Å². The second kappa shape index (κ2) is 6.65. The van der Waals surface area contributed by atoms with Gasteiger partial charge in [-0.05, 0) is 26.2 Å². The van der Waals surface area contributed by atoms with Crippen LogP contribution in [0, 0.1) is 5.92 Å². The normalized spacial score (nSPS) is 13.1. The van der Waals surface area contributed by atoms with E-state index in [9.17, 15) is 4.79 Å². The van der Waals surface area contributed by atoms with Crippen molar-refractivity contribution in [1.29, 1.82) is 0 Å². The molecule has 0 aliphatic rings. The highest BCUT2D eigenvalue weighted by molar-refractivity contribution is 5.71. The first-order valence-electron chi connectivity index (χ1n) is 4.19. The Morgan fingerprint density at radius 2 is 2.25 bits per heavy atom. The van der Waals surface area contributed by atoms with Gasteiger partial charge in [-0.2, -0.15) is 0 Å². The van der Waals surface area contributed by atoms with Gasteiger partial charge in [0, 0.05) is 0 Å². The molecule has 0 aliphatic heterocycles. The summed E-state index contributed by atoms with van der Waals surface area (Å²) in [7, 11) is 0. The summed E-state index contributed by atoms with van der Waals surface area (Å²) in [6.07, 6.45) is 8.49. The number of hydrogen-bond donors (Lipinski definition) is 1. The predicted octanol–water partition coefficient (Wildman–Crippen LogP) is 2.62. The summed E-state index contributed by atoms with van der Waals surface area (Å²) >= 11 is 0. The summed E-state index contributed by atoms with van der Waals surface area (Å²) in [4.78, 5) is 10.4. The standard InChI is InChI=1S/C10H16O2/c1-3-4-5-6-7-8-9(2)10(11)12/h3,7-9H,1,4-6H2,2H3,(H,11,12)/b8-7+. The Morgan fingerprint density at radius 3 is 2.75 bits per heavy atom. The topological polar surface area (TPSA) is 37.3 Å². The Bertz CT molecular complexity index is 171. The molecule has 1 atom stereocenters. The molecule has 0 aromatic carbocycles. The average Bonchev–Trinajstić information content (AvgIpc) is 2.03. The Morgan fingerprint density at radius 1 is 1.58 bits per heavy atom. The van der Waals surface area contributed by atoms with E-state index in [0.29, 0.717) is 0 Å². The molecular weight excluding hydrogens is 152 g/mol. The molecule has 1 unspecified atom stereocenters. The van der Waals surface area contributed by atoms with Crippen LogP contribution in [0.15, 0.2) is 24.8 Å². The van der Waals surface area contributed by atoms with Gasteiger partial charge in [-0.3, -0.25) is 4.79 Å². The third-order valence-electron chi connectivity index (χ3n) is 1.59. The van der Waals surface area contributed by atoms with Crippen molar-refractivity contribution in [2.24, 2.45) is 5.92 Å². The maximum atomic E-state index is 10.4. The molecule has 0 saturated carbocycles. The second-order valence-corrected chi connectivity index (χ2v) is 2.77. The maximum absolute atomic E-state index is 10.4. The molecule has 0 fully saturated rings. The molecule has 0 aromatic rings. The Kier molecular flexibility index (Phi) is 6.07. The van der Waals surface area contributed by atoms with Crippen molar-refractivity contribution in [3.05, 3.63) is 24.8 Å². The van der Waals surface area contributed by atoms with Crippen LogP contribution in [0.2, 0.25) is 0 Å². The molecule has 2 nitrogen and oxygen atoms in total. The first kappa shape index (κ1) is 11.0. The fourth-order valence-electron chi connectivity index (χ4n) is 0.763. The highest BCUT2D eigenvalue weighted by atomic mass is 16.4. The molecule has 0 aliphatic carbocycles. The van der Waals surface area contributed by atoms with Crippen LogP contribution in [0.1, 0.15) is 26.2 Å². The summed E-state index contributed by atoms with van der Waals surface area (Å²) < 4.78 is 0. The monoisotopic (exact) mass is 168 g/mol. The predicted molar refractivity (Wildman–Crippen MR) is 50.0 cm³/mol. The fourth-order valence-corrected chi connectivity index (χ4v) is 0.763. The van der Waals surface area contributed by atoms with Gasteiger partial charge >= 0.3 is 5.97 Å². The van der Waals surface area contributed by atoms with E-state index in [1.54, 1.807) is 13.0 Å². The van der Waals surface area contributed by atoms with Crippen molar-refractivity contribution in [3.8, 4) is 0 Å². The highest BCUT2D eigenvalue weighted by Crippen LogP contribution is 2.01. The third kappa shape index (κ3) is 5.71. The summed E-state index contributed by atoms with van der Waals surface area (Å²) in [5.74, 6) is -1.14. The van der Waals surface area contributed by atoms with Gasteiger partial charge in [0.2, 0.25) is 0 Å². The van der Waals surface area contributed by atoms with Crippen LogP contribution >= 0.6 is 0 Å². The van der Waals surface area contributed by atoms with Crippen LogP contribution in [0.3, 0.4) is 0 Å². The van der Waals surface area contributed by atoms with Gasteiger partial charge in [-0.1, -0.05) is 18.2 Å². The first-order chi connectivity index (χ1) is 5.68. The van der Waals surface area contributed by atoms with Crippen LogP contribution in [-0.2, 0) is 4.79 Å². The molecule has 0 spiro atoms. The van der Waals surface area contributed by atoms with E-state index in [4.69, 9.17) is 5.11 Å². The number of unbranched alkanes of at least 4 members (excludes halogenated alkanes) is 2. The minimum Gasteiger partial charge on any atom is -0.481 e. The second-order valence-electron chi connectivity index (χ2n) is 2.77. The van der Waals surface area contributed by atoms with Crippen LogP contribution in [0.4, 0.5) is 0 Å².